The molecule has 0 aliphatic rings. The van der Waals surface area contributed by atoms with Crippen LogP contribution in [-0.2, 0) is 9.47 Å². The van der Waals surface area contributed by atoms with E-state index in [0.29, 0.717) is 12.6 Å². The molecular formula is C12H27NO2. The molecule has 0 aliphatic carbocycles. The van der Waals surface area contributed by atoms with E-state index in [2.05, 4.69) is 26.1 Å². The standard InChI is InChI=1S/C12H27NO2/c1-4-6-8-14-9-10-15-11-12(3)13-7-5-2/h12-13H,4-11H2,1-3H3. The summed E-state index contributed by atoms with van der Waals surface area (Å²) in [4.78, 5) is 0. The van der Waals surface area contributed by atoms with Gasteiger partial charge in [-0.2, -0.15) is 0 Å². The zero-order valence-corrected chi connectivity index (χ0v) is 10.6. The van der Waals surface area contributed by atoms with Gasteiger partial charge in [0, 0.05) is 12.6 Å². The van der Waals surface area contributed by atoms with Gasteiger partial charge < -0.3 is 14.8 Å². The predicted octanol–water partition coefficient (Wildman–Crippen LogP) is 2.21. The fraction of sp³-hybridized carbons (Fsp3) is 1.00. The van der Waals surface area contributed by atoms with E-state index < -0.39 is 0 Å². The van der Waals surface area contributed by atoms with Crippen molar-refractivity contribution in [1.29, 1.82) is 0 Å². The van der Waals surface area contributed by atoms with Crippen molar-refractivity contribution in [3.05, 3.63) is 0 Å². The zero-order valence-electron chi connectivity index (χ0n) is 10.6. The lowest BCUT2D eigenvalue weighted by molar-refractivity contribution is 0.0399. The molecule has 15 heavy (non-hydrogen) atoms. The summed E-state index contributed by atoms with van der Waals surface area (Å²) >= 11 is 0. The van der Waals surface area contributed by atoms with Gasteiger partial charge in [-0.25, -0.2) is 0 Å². The van der Waals surface area contributed by atoms with Gasteiger partial charge in [-0.1, -0.05) is 20.3 Å². The molecule has 0 aromatic heterocycles. The monoisotopic (exact) mass is 217 g/mol. The van der Waals surface area contributed by atoms with Gasteiger partial charge in [-0.15, -0.1) is 0 Å². The number of nitrogens with one attached hydrogen (secondary N) is 1. The van der Waals surface area contributed by atoms with Crippen LogP contribution in [0.2, 0.25) is 0 Å². The fourth-order valence-corrected chi connectivity index (χ4v) is 1.18. The molecule has 0 aromatic rings. The second-order valence-corrected chi connectivity index (χ2v) is 3.90. The number of ether oxygens (including phenoxy) is 2. The van der Waals surface area contributed by atoms with Gasteiger partial charge >= 0.3 is 0 Å². The van der Waals surface area contributed by atoms with Crippen LogP contribution >= 0.6 is 0 Å². The largest absolute Gasteiger partial charge is 0.379 e. The van der Waals surface area contributed by atoms with E-state index in [9.17, 15) is 0 Å². The highest BCUT2D eigenvalue weighted by Crippen LogP contribution is 1.89. The van der Waals surface area contributed by atoms with Crippen molar-refractivity contribution in [2.75, 3.05) is 33.0 Å². The van der Waals surface area contributed by atoms with E-state index in [1.165, 1.54) is 12.8 Å². The van der Waals surface area contributed by atoms with Crippen molar-refractivity contribution < 1.29 is 9.47 Å². The topological polar surface area (TPSA) is 30.5 Å². The molecule has 1 N–H and O–H groups in total. The molecule has 1 atom stereocenters. The summed E-state index contributed by atoms with van der Waals surface area (Å²) in [7, 11) is 0. The van der Waals surface area contributed by atoms with E-state index >= 15 is 0 Å². The number of rotatable bonds is 11. The molecule has 92 valence electrons. The van der Waals surface area contributed by atoms with Crippen LogP contribution in [0, 0.1) is 0 Å². The maximum absolute atomic E-state index is 5.49. The van der Waals surface area contributed by atoms with Crippen molar-refractivity contribution in [2.24, 2.45) is 0 Å². The molecule has 0 amide bonds. The summed E-state index contributed by atoms with van der Waals surface area (Å²) in [5.74, 6) is 0. The minimum Gasteiger partial charge on any atom is -0.379 e. The van der Waals surface area contributed by atoms with E-state index in [1.807, 2.05) is 0 Å². The summed E-state index contributed by atoms with van der Waals surface area (Å²) < 4.78 is 10.9. The summed E-state index contributed by atoms with van der Waals surface area (Å²) in [6.07, 6.45) is 3.51. The van der Waals surface area contributed by atoms with Crippen molar-refractivity contribution in [3.8, 4) is 0 Å². The first-order valence-electron chi connectivity index (χ1n) is 6.20. The Morgan fingerprint density at radius 2 is 1.73 bits per heavy atom. The maximum Gasteiger partial charge on any atom is 0.0701 e. The molecular weight excluding hydrogens is 190 g/mol. The highest BCUT2D eigenvalue weighted by molar-refractivity contribution is 4.57. The third kappa shape index (κ3) is 11.8. The van der Waals surface area contributed by atoms with Crippen LogP contribution in [0.25, 0.3) is 0 Å². The van der Waals surface area contributed by atoms with Crippen LogP contribution in [0.5, 0.6) is 0 Å². The minimum absolute atomic E-state index is 0.445. The predicted molar refractivity (Wildman–Crippen MR) is 64.3 cm³/mol. The van der Waals surface area contributed by atoms with Gasteiger partial charge in [0.05, 0.1) is 19.8 Å². The minimum atomic E-state index is 0.445. The van der Waals surface area contributed by atoms with Gasteiger partial charge in [0.15, 0.2) is 0 Å². The number of hydrogen-bond acceptors (Lipinski definition) is 3. The molecule has 3 nitrogen and oxygen atoms in total. The first-order chi connectivity index (χ1) is 7.31. The number of hydrogen-bond donors (Lipinski definition) is 1. The summed E-state index contributed by atoms with van der Waals surface area (Å²) in [6.45, 7) is 10.6. The van der Waals surface area contributed by atoms with Gasteiger partial charge in [-0.05, 0) is 26.3 Å². The van der Waals surface area contributed by atoms with Crippen LogP contribution in [0.1, 0.15) is 40.0 Å². The van der Waals surface area contributed by atoms with Crippen molar-refractivity contribution in [3.63, 3.8) is 0 Å². The van der Waals surface area contributed by atoms with Crippen LogP contribution in [0.3, 0.4) is 0 Å². The Bertz CT molecular complexity index is 120. The highest BCUT2D eigenvalue weighted by Gasteiger charge is 1.99. The third-order valence-corrected chi connectivity index (χ3v) is 2.12. The van der Waals surface area contributed by atoms with Crippen LogP contribution in [0.15, 0.2) is 0 Å². The second-order valence-electron chi connectivity index (χ2n) is 3.90. The molecule has 0 radical (unpaired) electrons. The molecule has 3 heteroatoms. The van der Waals surface area contributed by atoms with Gasteiger partial charge in [0.1, 0.15) is 0 Å². The van der Waals surface area contributed by atoms with E-state index in [0.717, 1.165) is 32.8 Å². The SMILES string of the molecule is CCCCOCCOCC(C)NCCC. The van der Waals surface area contributed by atoms with Crippen molar-refractivity contribution in [2.45, 2.75) is 46.1 Å². The van der Waals surface area contributed by atoms with Gasteiger partial charge in [0.2, 0.25) is 0 Å². The fourth-order valence-electron chi connectivity index (χ4n) is 1.18. The molecule has 0 saturated heterocycles. The summed E-state index contributed by atoms with van der Waals surface area (Å²) in [5.41, 5.74) is 0. The van der Waals surface area contributed by atoms with E-state index in [-0.39, 0.29) is 0 Å². The average Bonchev–Trinajstić information content (AvgIpc) is 2.25. The Balaban J connectivity index is 3.02. The second kappa shape index (κ2) is 12.0. The maximum atomic E-state index is 5.49. The highest BCUT2D eigenvalue weighted by atomic mass is 16.5. The molecule has 0 aromatic carbocycles. The zero-order chi connectivity index (χ0) is 11.4. The molecule has 0 fully saturated rings. The van der Waals surface area contributed by atoms with Gasteiger partial charge in [0.25, 0.3) is 0 Å². The molecule has 0 saturated carbocycles. The van der Waals surface area contributed by atoms with E-state index in [4.69, 9.17) is 9.47 Å². The van der Waals surface area contributed by atoms with Crippen LogP contribution < -0.4 is 5.32 Å². The summed E-state index contributed by atoms with van der Waals surface area (Å²) in [5, 5.41) is 3.38. The Labute approximate surface area is 94.5 Å². The van der Waals surface area contributed by atoms with Crippen LogP contribution in [-0.4, -0.2) is 39.0 Å². The molecule has 0 bridgehead atoms. The lowest BCUT2D eigenvalue weighted by Crippen LogP contribution is -2.31. The lowest BCUT2D eigenvalue weighted by atomic mass is 10.3. The van der Waals surface area contributed by atoms with Gasteiger partial charge in [-0.3, -0.25) is 0 Å². The molecule has 0 heterocycles. The molecule has 0 aliphatic heterocycles. The van der Waals surface area contributed by atoms with Crippen molar-refractivity contribution in [1.82, 2.24) is 5.32 Å². The Hall–Kier alpha value is -0.120. The first kappa shape index (κ1) is 14.9. The normalized spacial score (nSPS) is 13.0. The lowest BCUT2D eigenvalue weighted by Gasteiger charge is -2.13. The number of unbranched alkanes of at least 4 members (excludes halogenated alkanes) is 1. The smallest absolute Gasteiger partial charge is 0.0701 e. The van der Waals surface area contributed by atoms with Crippen molar-refractivity contribution >= 4 is 0 Å². The average molecular weight is 217 g/mol. The quantitative estimate of drug-likeness (QED) is 0.538. The summed E-state index contributed by atoms with van der Waals surface area (Å²) in [6, 6.07) is 0.445. The van der Waals surface area contributed by atoms with Crippen LogP contribution in [0.4, 0.5) is 0 Å². The molecule has 0 spiro atoms. The third-order valence-electron chi connectivity index (χ3n) is 2.12. The van der Waals surface area contributed by atoms with E-state index in [1.54, 1.807) is 0 Å². The Morgan fingerprint density at radius 3 is 2.40 bits per heavy atom. The molecule has 1 unspecified atom stereocenters. The Kier molecular flexibility index (Phi) is 11.9. The first-order valence-corrected chi connectivity index (χ1v) is 6.20. The Morgan fingerprint density at radius 1 is 1.00 bits per heavy atom. The molecule has 0 rings (SSSR count).